The predicted octanol–water partition coefficient (Wildman–Crippen LogP) is 4.28. The number of unbranched alkanes of at least 4 members (excludes halogenated alkanes) is 2. The summed E-state index contributed by atoms with van der Waals surface area (Å²) in [6, 6.07) is 5.81. The Kier molecular flexibility index (Phi) is 6.87. The number of nitrogens with one attached hydrogen (secondary N) is 1. The van der Waals surface area contributed by atoms with Crippen molar-refractivity contribution in [1.29, 1.82) is 0 Å². The fourth-order valence-corrected chi connectivity index (χ4v) is 3.31. The Bertz CT molecular complexity index is 458. The maximum absolute atomic E-state index is 14.5. The Hall–Kier alpha value is -0.710. The van der Waals surface area contributed by atoms with Crippen molar-refractivity contribution in [1.82, 2.24) is 10.2 Å². The maximum atomic E-state index is 14.5. The Labute approximate surface area is 135 Å². The number of rotatable bonds is 7. The number of benzene rings is 1. The van der Waals surface area contributed by atoms with Crippen LogP contribution in [0.15, 0.2) is 35.3 Å². The summed E-state index contributed by atoms with van der Waals surface area (Å²) >= 11 is 3.31. The van der Waals surface area contributed by atoms with E-state index in [9.17, 15) is 4.39 Å². The fraction of sp³-hybridized carbons (Fsp3) is 0.529. The summed E-state index contributed by atoms with van der Waals surface area (Å²) in [5.74, 6) is -0.107. The maximum Gasteiger partial charge on any atom is 0.142 e. The van der Waals surface area contributed by atoms with E-state index < -0.39 is 0 Å². The molecule has 2 nitrogen and oxygen atoms in total. The Balaban J connectivity index is 2.13. The smallest absolute Gasteiger partial charge is 0.142 e. The van der Waals surface area contributed by atoms with Gasteiger partial charge >= 0.3 is 0 Å². The molecule has 1 atom stereocenters. The first-order valence-corrected chi connectivity index (χ1v) is 8.53. The van der Waals surface area contributed by atoms with E-state index in [2.05, 4.69) is 32.7 Å². The summed E-state index contributed by atoms with van der Waals surface area (Å²) in [4.78, 5) is 2.41. The average molecular weight is 355 g/mol. The number of hydrogen-bond acceptors (Lipinski definition) is 2. The lowest BCUT2D eigenvalue weighted by Crippen LogP contribution is -2.45. The van der Waals surface area contributed by atoms with E-state index >= 15 is 0 Å². The highest BCUT2D eigenvalue weighted by molar-refractivity contribution is 9.10. The highest BCUT2D eigenvalue weighted by Gasteiger charge is 2.24. The van der Waals surface area contributed by atoms with Crippen molar-refractivity contribution in [3.05, 3.63) is 46.7 Å². The molecule has 1 fully saturated rings. The van der Waals surface area contributed by atoms with Crippen molar-refractivity contribution in [3.8, 4) is 0 Å². The van der Waals surface area contributed by atoms with E-state index in [1.54, 1.807) is 6.07 Å². The number of nitrogens with zero attached hydrogens (tertiary/aromatic N) is 1. The van der Waals surface area contributed by atoms with Crippen LogP contribution in [-0.2, 0) is 0 Å². The van der Waals surface area contributed by atoms with Crippen LogP contribution in [0, 0.1) is 5.82 Å². The van der Waals surface area contributed by atoms with Gasteiger partial charge in [0, 0.05) is 37.8 Å². The molecule has 21 heavy (non-hydrogen) atoms. The molecule has 1 saturated heterocycles. The van der Waals surface area contributed by atoms with E-state index in [1.807, 2.05) is 18.2 Å². The van der Waals surface area contributed by atoms with Crippen molar-refractivity contribution in [2.45, 2.75) is 31.7 Å². The molecule has 0 aromatic heterocycles. The first-order chi connectivity index (χ1) is 10.2. The Morgan fingerprint density at radius 3 is 2.81 bits per heavy atom. The van der Waals surface area contributed by atoms with Crippen molar-refractivity contribution >= 4 is 15.9 Å². The molecule has 1 aromatic rings. The zero-order valence-electron chi connectivity index (χ0n) is 12.5. The molecule has 1 N–H and O–H groups in total. The van der Waals surface area contributed by atoms with E-state index in [4.69, 9.17) is 0 Å². The minimum Gasteiger partial charge on any atom is -0.314 e. The second-order valence-electron chi connectivity index (χ2n) is 5.52. The molecular weight excluding hydrogens is 331 g/mol. The molecule has 1 aromatic carbocycles. The second kappa shape index (κ2) is 8.66. The lowest BCUT2D eigenvalue weighted by atomic mass is 9.97. The molecule has 0 aliphatic carbocycles. The van der Waals surface area contributed by atoms with E-state index in [0.29, 0.717) is 4.47 Å². The van der Waals surface area contributed by atoms with Gasteiger partial charge in [0.25, 0.3) is 0 Å². The second-order valence-corrected chi connectivity index (χ2v) is 6.37. The minimum absolute atomic E-state index is 0.107. The molecule has 0 radical (unpaired) electrons. The number of allylic oxidation sites excluding steroid dienone is 1. The molecule has 0 saturated carbocycles. The van der Waals surface area contributed by atoms with Gasteiger partial charge in [0.1, 0.15) is 5.82 Å². The van der Waals surface area contributed by atoms with Crippen LogP contribution >= 0.6 is 15.9 Å². The monoisotopic (exact) mass is 354 g/mol. The van der Waals surface area contributed by atoms with Gasteiger partial charge < -0.3 is 5.32 Å². The van der Waals surface area contributed by atoms with Crippen LogP contribution < -0.4 is 5.32 Å². The number of piperazine rings is 1. The molecule has 1 aliphatic rings. The molecule has 116 valence electrons. The van der Waals surface area contributed by atoms with E-state index in [1.165, 1.54) is 0 Å². The quantitative estimate of drug-likeness (QED) is 0.580. The Morgan fingerprint density at radius 2 is 2.10 bits per heavy atom. The zero-order valence-corrected chi connectivity index (χ0v) is 14.0. The molecule has 0 bridgehead atoms. The van der Waals surface area contributed by atoms with Crippen LogP contribution in [0.5, 0.6) is 0 Å². The normalized spacial score (nSPS) is 17.6. The third kappa shape index (κ3) is 4.63. The van der Waals surface area contributed by atoms with Gasteiger partial charge in [-0.25, -0.2) is 4.39 Å². The largest absolute Gasteiger partial charge is 0.314 e. The highest BCUT2D eigenvalue weighted by atomic mass is 79.9. The topological polar surface area (TPSA) is 15.3 Å². The molecule has 1 heterocycles. The van der Waals surface area contributed by atoms with Gasteiger partial charge in [0.2, 0.25) is 0 Å². The summed E-state index contributed by atoms with van der Waals surface area (Å²) in [5.41, 5.74) is 0.824. The average Bonchev–Trinajstić information content (AvgIpc) is 2.52. The van der Waals surface area contributed by atoms with Crippen LogP contribution in [-0.4, -0.2) is 31.1 Å². The van der Waals surface area contributed by atoms with Crippen LogP contribution in [0.3, 0.4) is 0 Å². The van der Waals surface area contributed by atoms with Gasteiger partial charge in [-0.1, -0.05) is 24.6 Å². The number of halogens is 2. The fourth-order valence-electron chi connectivity index (χ4n) is 2.93. The third-order valence-electron chi connectivity index (χ3n) is 4.07. The van der Waals surface area contributed by atoms with Crippen LogP contribution in [0.4, 0.5) is 4.39 Å². The summed E-state index contributed by atoms with van der Waals surface area (Å²) in [6.07, 6.45) is 6.23. The molecule has 0 spiro atoms. The lowest BCUT2D eigenvalue weighted by molar-refractivity contribution is 0.159. The van der Waals surface area contributed by atoms with Gasteiger partial charge in [0.15, 0.2) is 0 Å². The minimum atomic E-state index is -0.107. The lowest BCUT2D eigenvalue weighted by Gasteiger charge is -2.35. The number of hydrogen-bond donors (Lipinski definition) is 1. The van der Waals surface area contributed by atoms with Gasteiger partial charge in [-0.2, -0.15) is 0 Å². The Morgan fingerprint density at radius 1 is 1.33 bits per heavy atom. The molecule has 4 heteroatoms. The molecule has 0 unspecified atom stereocenters. The predicted molar refractivity (Wildman–Crippen MR) is 89.9 cm³/mol. The van der Waals surface area contributed by atoms with Crippen molar-refractivity contribution in [2.75, 3.05) is 26.2 Å². The van der Waals surface area contributed by atoms with Gasteiger partial charge in [-0.15, -0.1) is 6.58 Å². The van der Waals surface area contributed by atoms with Gasteiger partial charge in [-0.05, 0) is 41.3 Å². The molecule has 1 aliphatic heterocycles. The SMILES string of the molecule is C=CCCCC[C@H](c1cccc(Br)c1F)N1CCNCC1. The molecule has 0 amide bonds. The molecular formula is C17H24BrFN2. The zero-order chi connectivity index (χ0) is 15.1. The van der Waals surface area contributed by atoms with Crippen LogP contribution in [0.1, 0.15) is 37.3 Å². The summed E-state index contributed by atoms with van der Waals surface area (Å²) < 4.78 is 15.0. The van der Waals surface area contributed by atoms with Crippen LogP contribution in [0.25, 0.3) is 0 Å². The van der Waals surface area contributed by atoms with Crippen LogP contribution in [0.2, 0.25) is 0 Å². The van der Waals surface area contributed by atoms with Gasteiger partial charge in [0.05, 0.1) is 4.47 Å². The first-order valence-electron chi connectivity index (χ1n) is 7.73. The summed E-state index contributed by atoms with van der Waals surface area (Å²) in [5, 5.41) is 3.37. The highest BCUT2D eigenvalue weighted by Crippen LogP contribution is 2.31. The van der Waals surface area contributed by atoms with E-state index in [0.717, 1.165) is 57.4 Å². The standard InChI is InChI=1S/C17H24BrFN2/c1-2-3-4-5-9-16(21-12-10-20-11-13-21)14-7-6-8-15(18)17(14)19/h2,6-8,16,20H,1,3-5,9-13H2/t16-/m1/s1. The third-order valence-corrected chi connectivity index (χ3v) is 4.68. The van der Waals surface area contributed by atoms with Crippen molar-refractivity contribution in [3.63, 3.8) is 0 Å². The van der Waals surface area contributed by atoms with Crippen molar-refractivity contribution < 1.29 is 4.39 Å². The summed E-state index contributed by atoms with van der Waals surface area (Å²) in [7, 11) is 0. The van der Waals surface area contributed by atoms with E-state index in [-0.39, 0.29) is 11.9 Å². The first kappa shape index (κ1) is 16.7. The summed E-state index contributed by atoms with van der Waals surface area (Å²) in [6.45, 7) is 7.70. The molecule has 2 rings (SSSR count). The van der Waals surface area contributed by atoms with Gasteiger partial charge in [-0.3, -0.25) is 4.90 Å². The van der Waals surface area contributed by atoms with Crippen molar-refractivity contribution in [2.24, 2.45) is 0 Å².